The van der Waals surface area contributed by atoms with Crippen LogP contribution >= 0.6 is 0 Å². The fraction of sp³-hybridized carbons (Fsp3) is 0.364. The van der Waals surface area contributed by atoms with Gasteiger partial charge in [0.05, 0.1) is 0 Å². The SMILES string of the molecule is NC(Cc1ccc2c(c1F)OCCO2)C(=O)O. The Morgan fingerprint density at radius 1 is 1.47 bits per heavy atom. The molecule has 1 unspecified atom stereocenters. The highest BCUT2D eigenvalue weighted by Crippen LogP contribution is 2.34. The fourth-order valence-electron chi connectivity index (χ4n) is 1.60. The Labute approximate surface area is 96.9 Å². The van der Waals surface area contributed by atoms with E-state index in [4.69, 9.17) is 20.3 Å². The van der Waals surface area contributed by atoms with Gasteiger partial charge in [-0.25, -0.2) is 4.39 Å². The summed E-state index contributed by atoms with van der Waals surface area (Å²) >= 11 is 0. The third kappa shape index (κ3) is 2.31. The zero-order chi connectivity index (χ0) is 12.4. The average molecular weight is 241 g/mol. The molecule has 0 saturated heterocycles. The van der Waals surface area contributed by atoms with Crippen LogP contribution in [0.15, 0.2) is 12.1 Å². The molecule has 1 aromatic carbocycles. The molecule has 3 N–H and O–H groups in total. The van der Waals surface area contributed by atoms with Crippen molar-refractivity contribution in [1.82, 2.24) is 0 Å². The van der Waals surface area contributed by atoms with E-state index >= 15 is 0 Å². The Balaban J connectivity index is 2.27. The summed E-state index contributed by atoms with van der Waals surface area (Å²) in [5.41, 5.74) is 5.57. The monoisotopic (exact) mass is 241 g/mol. The lowest BCUT2D eigenvalue weighted by Gasteiger charge is -2.20. The van der Waals surface area contributed by atoms with Crippen LogP contribution in [0.5, 0.6) is 11.5 Å². The topological polar surface area (TPSA) is 81.8 Å². The van der Waals surface area contributed by atoms with Crippen LogP contribution in [0.4, 0.5) is 4.39 Å². The maximum absolute atomic E-state index is 13.9. The lowest BCUT2D eigenvalue weighted by Crippen LogP contribution is -2.32. The molecule has 92 valence electrons. The molecule has 0 amide bonds. The summed E-state index contributed by atoms with van der Waals surface area (Å²) in [6.07, 6.45) is -0.0855. The van der Waals surface area contributed by atoms with Gasteiger partial charge in [-0.15, -0.1) is 0 Å². The molecule has 0 aliphatic carbocycles. The highest BCUT2D eigenvalue weighted by molar-refractivity contribution is 5.73. The van der Waals surface area contributed by atoms with Crippen molar-refractivity contribution >= 4 is 5.97 Å². The Morgan fingerprint density at radius 2 is 2.18 bits per heavy atom. The zero-order valence-corrected chi connectivity index (χ0v) is 8.98. The molecular weight excluding hydrogens is 229 g/mol. The van der Waals surface area contributed by atoms with Gasteiger partial charge in [0.25, 0.3) is 0 Å². The van der Waals surface area contributed by atoms with Gasteiger partial charge >= 0.3 is 5.97 Å². The molecule has 0 saturated carbocycles. The summed E-state index contributed by atoms with van der Waals surface area (Å²) in [6.45, 7) is 0.652. The first-order valence-electron chi connectivity index (χ1n) is 5.15. The summed E-state index contributed by atoms with van der Waals surface area (Å²) in [6, 6.07) is 1.89. The van der Waals surface area contributed by atoms with Crippen LogP contribution in [-0.4, -0.2) is 30.3 Å². The molecule has 0 aromatic heterocycles. The number of aliphatic carboxylic acids is 1. The van der Waals surface area contributed by atoms with Crippen molar-refractivity contribution in [3.63, 3.8) is 0 Å². The van der Waals surface area contributed by atoms with E-state index in [0.717, 1.165) is 0 Å². The summed E-state index contributed by atoms with van der Waals surface area (Å²) < 4.78 is 24.3. The lowest BCUT2D eigenvalue weighted by molar-refractivity contribution is -0.138. The molecule has 5 nitrogen and oxygen atoms in total. The predicted octanol–water partition coefficient (Wildman–Crippen LogP) is 0.551. The number of halogens is 1. The van der Waals surface area contributed by atoms with E-state index in [1.54, 1.807) is 6.07 Å². The minimum Gasteiger partial charge on any atom is -0.486 e. The number of hydrogen-bond acceptors (Lipinski definition) is 4. The molecule has 1 atom stereocenters. The van der Waals surface area contributed by atoms with Crippen LogP contribution in [-0.2, 0) is 11.2 Å². The third-order valence-corrected chi connectivity index (χ3v) is 2.49. The van der Waals surface area contributed by atoms with E-state index in [-0.39, 0.29) is 24.3 Å². The molecule has 6 heteroatoms. The first-order valence-corrected chi connectivity index (χ1v) is 5.15. The van der Waals surface area contributed by atoms with E-state index < -0.39 is 17.8 Å². The summed E-state index contributed by atoms with van der Waals surface area (Å²) in [7, 11) is 0. The summed E-state index contributed by atoms with van der Waals surface area (Å²) in [5, 5.41) is 8.67. The quantitative estimate of drug-likeness (QED) is 0.807. The fourth-order valence-corrected chi connectivity index (χ4v) is 1.60. The van der Waals surface area contributed by atoms with Gasteiger partial charge in [0, 0.05) is 6.42 Å². The normalized spacial score (nSPS) is 15.4. The first kappa shape index (κ1) is 11.7. The minimum absolute atomic E-state index is 0.0336. The number of fused-ring (bicyclic) bond motifs is 1. The van der Waals surface area contributed by atoms with E-state index in [0.29, 0.717) is 12.4 Å². The number of benzene rings is 1. The number of carbonyl (C=O) groups is 1. The average Bonchev–Trinajstić information content (AvgIpc) is 2.33. The maximum atomic E-state index is 13.9. The highest BCUT2D eigenvalue weighted by Gasteiger charge is 2.22. The molecule has 1 heterocycles. The molecule has 2 rings (SSSR count). The summed E-state index contributed by atoms with van der Waals surface area (Å²) in [5.74, 6) is -1.40. The number of carboxylic acids is 1. The Hall–Kier alpha value is -1.82. The van der Waals surface area contributed by atoms with Crippen molar-refractivity contribution in [2.75, 3.05) is 13.2 Å². The molecule has 1 aliphatic heterocycles. The molecular formula is C11H12FNO4. The van der Waals surface area contributed by atoms with Gasteiger partial charge in [0.15, 0.2) is 17.3 Å². The van der Waals surface area contributed by atoms with Crippen molar-refractivity contribution in [2.45, 2.75) is 12.5 Å². The second-order valence-electron chi connectivity index (χ2n) is 3.71. The molecule has 0 fully saturated rings. The van der Waals surface area contributed by atoms with Crippen LogP contribution in [0.3, 0.4) is 0 Å². The predicted molar refractivity (Wildman–Crippen MR) is 56.7 cm³/mol. The molecule has 1 aromatic rings. The zero-order valence-electron chi connectivity index (χ0n) is 8.98. The van der Waals surface area contributed by atoms with Crippen LogP contribution < -0.4 is 15.2 Å². The van der Waals surface area contributed by atoms with Gasteiger partial charge in [-0.3, -0.25) is 4.79 Å². The Morgan fingerprint density at radius 3 is 2.88 bits per heavy atom. The van der Waals surface area contributed by atoms with Gasteiger partial charge in [0.2, 0.25) is 0 Å². The standard InChI is InChI=1S/C11H12FNO4/c12-9-6(5-7(13)11(14)15)1-2-8-10(9)17-4-3-16-8/h1-2,7H,3-5,13H2,(H,14,15). The second-order valence-corrected chi connectivity index (χ2v) is 3.71. The lowest BCUT2D eigenvalue weighted by atomic mass is 10.0. The van der Waals surface area contributed by atoms with Gasteiger partial charge in [0.1, 0.15) is 19.3 Å². The number of hydrogen-bond donors (Lipinski definition) is 2. The van der Waals surface area contributed by atoms with E-state index in [9.17, 15) is 9.18 Å². The molecule has 17 heavy (non-hydrogen) atoms. The van der Waals surface area contributed by atoms with Crippen molar-refractivity contribution < 1.29 is 23.8 Å². The first-order chi connectivity index (χ1) is 8.09. The van der Waals surface area contributed by atoms with E-state index in [1.165, 1.54) is 6.07 Å². The van der Waals surface area contributed by atoms with Gasteiger partial charge in [-0.2, -0.15) is 0 Å². The largest absolute Gasteiger partial charge is 0.486 e. The molecule has 1 aliphatic rings. The van der Waals surface area contributed by atoms with Crippen molar-refractivity contribution in [1.29, 1.82) is 0 Å². The van der Waals surface area contributed by atoms with Crippen molar-refractivity contribution in [3.05, 3.63) is 23.5 Å². The second kappa shape index (κ2) is 4.58. The molecule has 0 spiro atoms. The van der Waals surface area contributed by atoms with Crippen molar-refractivity contribution in [2.24, 2.45) is 5.73 Å². The Bertz CT molecular complexity index is 449. The number of carboxylic acid groups (broad SMARTS) is 1. The van der Waals surface area contributed by atoms with Crippen molar-refractivity contribution in [3.8, 4) is 11.5 Å². The van der Waals surface area contributed by atoms with Gasteiger partial charge < -0.3 is 20.3 Å². The maximum Gasteiger partial charge on any atom is 0.320 e. The van der Waals surface area contributed by atoms with E-state index in [2.05, 4.69) is 0 Å². The van der Waals surface area contributed by atoms with Crippen LogP contribution in [0.2, 0.25) is 0 Å². The Kier molecular flexibility index (Phi) is 3.14. The van der Waals surface area contributed by atoms with Gasteiger partial charge in [-0.1, -0.05) is 6.07 Å². The number of ether oxygens (including phenoxy) is 2. The molecule has 0 radical (unpaired) electrons. The van der Waals surface area contributed by atoms with Crippen LogP contribution in [0.25, 0.3) is 0 Å². The highest BCUT2D eigenvalue weighted by atomic mass is 19.1. The molecule has 0 bridgehead atoms. The third-order valence-electron chi connectivity index (χ3n) is 2.49. The summed E-state index contributed by atoms with van der Waals surface area (Å²) in [4.78, 5) is 10.6. The minimum atomic E-state index is -1.17. The van der Waals surface area contributed by atoms with E-state index in [1.807, 2.05) is 0 Å². The van der Waals surface area contributed by atoms with Gasteiger partial charge in [-0.05, 0) is 11.6 Å². The smallest absolute Gasteiger partial charge is 0.320 e. The number of nitrogens with two attached hydrogens (primary N) is 1. The van der Waals surface area contributed by atoms with Crippen LogP contribution in [0, 0.1) is 5.82 Å². The van der Waals surface area contributed by atoms with Crippen LogP contribution in [0.1, 0.15) is 5.56 Å². The number of rotatable bonds is 3.